The van der Waals surface area contributed by atoms with Crippen molar-refractivity contribution in [1.82, 2.24) is 0 Å². The zero-order valence-electron chi connectivity index (χ0n) is 14.3. The zero-order valence-corrected chi connectivity index (χ0v) is 16.6. The van der Waals surface area contributed by atoms with Crippen molar-refractivity contribution in [3.63, 3.8) is 0 Å². The highest BCUT2D eigenvalue weighted by molar-refractivity contribution is 14.0. The molecule has 26 heavy (non-hydrogen) atoms. The van der Waals surface area contributed by atoms with Gasteiger partial charge in [0.05, 0.1) is 6.54 Å². The summed E-state index contributed by atoms with van der Waals surface area (Å²) in [7, 11) is 0. The Morgan fingerprint density at radius 3 is 2.77 bits per heavy atom. The molecule has 3 N–H and O–H groups in total. The quantitative estimate of drug-likeness (QED) is 0.373. The minimum absolute atomic E-state index is 0. The van der Waals surface area contributed by atoms with E-state index in [9.17, 15) is 8.78 Å². The van der Waals surface area contributed by atoms with E-state index >= 15 is 0 Å². The molecule has 4 nitrogen and oxygen atoms in total. The normalized spacial score (nSPS) is 13.3. The fourth-order valence-corrected chi connectivity index (χ4v) is 2.91. The molecule has 0 aromatic heterocycles. The molecule has 1 aliphatic rings. The molecule has 0 unspecified atom stereocenters. The SMILES string of the molecule is I.NC(=NCc1cccc(OCC(F)F)c1)Nc1ccc2c(c1)CCC2. The molecule has 0 saturated heterocycles. The van der Waals surface area contributed by atoms with Crippen LogP contribution in [0.4, 0.5) is 14.5 Å². The van der Waals surface area contributed by atoms with Crippen LogP contribution < -0.4 is 15.8 Å². The predicted molar refractivity (Wildman–Crippen MR) is 111 cm³/mol. The number of nitrogens with zero attached hydrogens (tertiary/aromatic N) is 1. The third kappa shape index (κ3) is 5.82. The number of fused-ring (bicyclic) bond motifs is 1. The number of rotatable bonds is 6. The van der Waals surface area contributed by atoms with Gasteiger partial charge in [-0.2, -0.15) is 0 Å². The summed E-state index contributed by atoms with van der Waals surface area (Å²) in [4.78, 5) is 4.30. The first-order valence-corrected chi connectivity index (χ1v) is 8.29. The number of nitrogens with two attached hydrogens (primary N) is 1. The molecule has 0 spiro atoms. The maximum Gasteiger partial charge on any atom is 0.272 e. The maximum atomic E-state index is 12.2. The van der Waals surface area contributed by atoms with Crippen molar-refractivity contribution in [2.75, 3.05) is 11.9 Å². The molecule has 3 rings (SSSR count). The fourth-order valence-electron chi connectivity index (χ4n) is 2.91. The van der Waals surface area contributed by atoms with Crippen molar-refractivity contribution >= 4 is 35.6 Å². The first kappa shape index (κ1) is 20.4. The van der Waals surface area contributed by atoms with Gasteiger partial charge in [0, 0.05) is 5.69 Å². The van der Waals surface area contributed by atoms with E-state index in [1.54, 1.807) is 18.2 Å². The Morgan fingerprint density at radius 1 is 1.15 bits per heavy atom. The molecule has 0 amide bonds. The van der Waals surface area contributed by atoms with Crippen LogP contribution in [0, 0.1) is 0 Å². The van der Waals surface area contributed by atoms with Crippen LogP contribution in [-0.2, 0) is 19.4 Å². The molecule has 0 atom stereocenters. The van der Waals surface area contributed by atoms with Gasteiger partial charge in [-0.1, -0.05) is 18.2 Å². The number of guanidine groups is 1. The number of hydrogen-bond acceptors (Lipinski definition) is 2. The lowest BCUT2D eigenvalue weighted by Crippen LogP contribution is -2.22. The maximum absolute atomic E-state index is 12.2. The largest absolute Gasteiger partial charge is 0.488 e. The van der Waals surface area contributed by atoms with Crippen molar-refractivity contribution in [2.45, 2.75) is 32.2 Å². The summed E-state index contributed by atoms with van der Waals surface area (Å²) in [6, 6.07) is 13.2. The number of ether oxygens (including phenoxy) is 1. The van der Waals surface area contributed by atoms with Crippen LogP contribution in [0.25, 0.3) is 0 Å². The molecule has 1 aliphatic carbocycles. The Morgan fingerprint density at radius 2 is 1.96 bits per heavy atom. The Labute approximate surface area is 168 Å². The second-order valence-corrected chi connectivity index (χ2v) is 6.01. The van der Waals surface area contributed by atoms with Crippen LogP contribution in [0.15, 0.2) is 47.5 Å². The van der Waals surface area contributed by atoms with Gasteiger partial charge in [-0.05, 0) is 60.2 Å². The van der Waals surface area contributed by atoms with E-state index in [2.05, 4.69) is 22.4 Å². The van der Waals surface area contributed by atoms with E-state index in [-0.39, 0.29) is 24.0 Å². The van der Waals surface area contributed by atoms with Crippen LogP contribution in [0.1, 0.15) is 23.1 Å². The highest BCUT2D eigenvalue weighted by Gasteiger charge is 2.10. The van der Waals surface area contributed by atoms with Gasteiger partial charge in [0.1, 0.15) is 12.4 Å². The molecular weight excluding hydrogens is 451 g/mol. The number of halogens is 3. The Hall–Kier alpha value is -1.90. The van der Waals surface area contributed by atoms with Gasteiger partial charge in [0.25, 0.3) is 6.43 Å². The van der Waals surface area contributed by atoms with Gasteiger partial charge in [-0.3, -0.25) is 0 Å². The molecule has 7 heteroatoms. The van der Waals surface area contributed by atoms with E-state index in [0.29, 0.717) is 18.3 Å². The second-order valence-electron chi connectivity index (χ2n) is 6.01. The summed E-state index contributed by atoms with van der Waals surface area (Å²) >= 11 is 0. The van der Waals surface area contributed by atoms with E-state index in [1.165, 1.54) is 17.5 Å². The summed E-state index contributed by atoms with van der Waals surface area (Å²) in [5.41, 5.74) is 10.5. The Kier molecular flexibility index (Phi) is 7.62. The number of aryl methyl sites for hydroxylation is 2. The first-order chi connectivity index (χ1) is 12.1. The number of benzene rings is 2. The van der Waals surface area contributed by atoms with E-state index in [4.69, 9.17) is 10.5 Å². The minimum atomic E-state index is -2.49. The lowest BCUT2D eigenvalue weighted by molar-refractivity contribution is 0.0818. The van der Waals surface area contributed by atoms with Gasteiger partial charge in [0.2, 0.25) is 0 Å². The van der Waals surface area contributed by atoms with E-state index < -0.39 is 13.0 Å². The van der Waals surface area contributed by atoms with Crippen molar-refractivity contribution < 1.29 is 13.5 Å². The van der Waals surface area contributed by atoms with Crippen LogP contribution in [-0.4, -0.2) is 19.0 Å². The summed E-state index contributed by atoms with van der Waals surface area (Å²) in [6.07, 6.45) is 0.955. The Balaban J connectivity index is 0.00000243. The van der Waals surface area contributed by atoms with E-state index in [0.717, 1.165) is 24.1 Å². The standard InChI is InChI=1S/C19H21F2N3O.HI/c20-18(21)12-25-17-6-1-3-13(9-17)11-23-19(22)24-16-8-7-14-4-2-5-15(14)10-16;/h1,3,6-10,18H,2,4-5,11-12H2,(H3,22,23,24);1H. The van der Waals surface area contributed by atoms with Gasteiger partial charge < -0.3 is 15.8 Å². The van der Waals surface area contributed by atoms with Gasteiger partial charge in [-0.25, -0.2) is 13.8 Å². The molecule has 140 valence electrons. The molecule has 2 aromatic carbocycles. The highest BCUT2D eigenvalue weighted by atomic mass is 127. The summed E-state index contributed by atoms with van der Waals surface area (Å²) in [5, 5.41) is 3.09. The summed E-state index contributed by atoms with van der Waals surface area (Å²) in [6.45, 7) is -0.273. The minimum Gasteiger partial charge on any atom is -0.488 e. The van der Waals surface area contributed by atoms with Crippen LogP contribution in [0.3, 0.4) is 0 Å². The fraction of sp³-hybridized carbons (Fsp3) is 0.316. The second kappa shape index (κ2) is 9.70. The zero-order chi connectivity index (χ0) is 17.6. The molecule has 2 aromatic rings. The van der Waals surface area contributed by atoms with Crippen LogP contribution >= 0.6 is 24.0 Å². The van der Waals surface area contributed by atoms with Crippen molar-refractivity contribution in [2.24, 2.45) is 10.7 Å². The van der Waals surface area contributed by atoms with Crippen molar-refractivity contribution in [3.05, 3.63) is 59.2 Å². The molecule has 0 fully saturated rings. The monoisotopic (exact) mass is 473 g/mol. The summed E-state index contributed by atoms with van der Waals surface area (Å²) in [5.74, 6) is 0.718. The van der Waals surface area contributed by atoms with Crippen LogP contribution in [0.5, 0.6) is 5.75 Å². The highest BCUT2D eigenvalue weighted by Crippen LogP contribution is 2.24. The molecule has 0 aliphatic heterocycles. The average molecular weight is 473 g/mol. The van der Waals surface area contributed by atoms with E-state index in [1.807, 2.05) is 12.1 Å². The molecule has 0 heterocycles. The molecule has 0 bridgehead atoms. The molecule has 0 radical (unpaired) electrons. The summed E-state index contributed by atoms with van der Waals surface area (Å²) < 4.78 is 29.4. The van der Waals surface area contributed by atoms with Crippen molar-refractivity contribution in [1.29, 1.82) is 0 Å². The average Bonchev–Trinajstić information content (AvgIpc) is 3.06. The van der Waals surface area contributed by atoms with Crippen LogP contribution in [0.2, 0.25) is 0 Å². The number of aliphatic imine (C=N–C) groups is 1. The van der Waals surface area contributed by atoms with Gasteiger partial charge in [-0.15, -0.1) is 24.0 Å². The lowest BCUT2D eigenvalue weighted by atomic mass is 10.1. The number of hydrogen-bond donors (Lipinski definition) is 2. The third-order valence-electron chi connectivity index (χ3n) is 4.08. The van der Waals surface area contributed by atoms with Crippen molar-refractivity contribution in [3.8, 4) is 5.75 Å². The number of anilines is 1. The number of nitrogens with one attached hydrogen (secondary N) is 1. The predicted octanol–water partition coefficient (Wildman–Crippen LogP) is 4.36. The van der Waals surface area contributed by atoms with Gasteiger partial charge >= 0.3 is 0 Å². The lowest BCUT2D eigenvalue weighted by Gasteiger charge is -2.09. The third-order valence-corrected chi connectivity index (χ3v) is 4.08. The smallest absolute Gasteiger partial charge is 0.272 e. The first-order valence-electron chi connectivity index (χ1n) is 8.29. The number of alkyl halides is 2. The Bertz CT molecular complexity index is 768. The molecule has 0 saturated carbocycles. The molecular formula is C19H22F2IN3O. The topological polar surface area (TPSA) is 59.6 Å². The van der Waals surface area contributed by atoms with Gasteiger partial charge in [0.15, 0.2) is 5.96 Å².